The average Bonchev–Trinajstić information content (AvgIpc) is 3.07. The second-order valence-corrected chi connectivity index (χ2v) is 5.92. The Morgan fingerprint density at radius 2 is 1.77 bits per heavy atom. The lowest BCUT2D eigenvalue weighted by Gasteiger charge is -2.15. The number of guanidine groups is 1. The molecule has 2 N–H and O–H groups in total. The number of hydrogen-bond donors (Lipinski definition) is 2. The summed E-state index contributed by atoms with van der Waals surface area (Å²) in [6.07, 6.45) is 6.27. The maximum atomic E-state index is 4.28. The lowest BCUT2D eigenvalue weighted by atomic mass is 10.1. The molecule has 0 saturated carbocycles. The van der Waals surface area contributed by atoms with Gasteiger partial charge in [0.15, 0.2) is 5.96 Å². The number of unbranched alkanes of at least 4 members (excludes halogenated alkanes) is 1. The Hall–Kier alpha value is -1.55. The molecule has 0 bridgehead atoms. The van der Waals surface area contributed by atoms with Crippen molar-refractivity contribution in [2.45, 2.75) is 32.1 Å². The average molecular weight is 302 g/mol. The van der Waals surface area contributed by atoms with Crippen molar-refractivity contribution in [2.75, 3.05) is 39.8 Å². The van der Waals surface area contributed by atoms with Gasteiger partial charge in [0.2, 0.25) is 0 Å². The molecule has 0 spiro atoms. The van der Waals surface area contributed by atoms with Gasteiger partial charge >= 0.3 is 0 Å². The first-order chi connectivity index (χ1) is 10.9. The van der Waals surface area contributed by atoms with Crippen molar-refractivity contribution in [2.24, 2.45) is 4.99 Å². The summed E-state index contributed by atoms with van der Waals surface area (Å²) in [5, 5.41) is 6.78. The highest BCUT2D eigenvalue weighted by Gasteiger charge is 2.09. The lowest BCUT2D eigenvalue weighted by Crippen LogP contribution is -2.38. The second kappa shape index (κ2) is 10.2. The van der Waals surface area contributed by atoms with E-state index in [1.165, 1.54) is 50.9 Å². The molecule has 1 aliphatic heterocycles. The highest BCUT2D eigenvalue weighted by atomic mass is 15.2. The van der Waals surface area contributed by atoms with E-state index in [-0.39, 0.29) is 0 Å². The molecule has 1 aliphatic rings. The third-order valence-electron chi connectivity index (χ3n) is 4.16. The Labute approximate surface area is 135 Å². The molecule has 1 fully saturated rings. The molecule has 22 heavy (non-hydrogen) atoms. The van der Waals surface area contributed by atoms with Gasteiger partial charge in [0.1, 0.15) is 0 Å². The Kier molecular flexibility index (Phi) is 7.81. The number of hydrogen-bond acceptors (Lipinski definition) is 2. The number of likely N-dealkylation sites (tertiary alicyclic amines) is 1. The fraction of sp³-hybridized carbons (Fsp3) is 0.611. The number of rotatable bonds is 8. The topological polar surface area (TPSA) is 39.7 Å². The van der Waals surface area contributed by atoms with Gasteiger partial charge in [0, 0.05) is 20.1 Å². The van der Waals surface area contributed by atoms with E-state index in [0.29, 0.717) is 0 Å². The molecule has 4 heteroatoms. The van der Waals surface area contributed by atoms with E-state index in [4.69, 9.17) is 0 Å². The molecule has 0 atom stereocenters. The standard InChI is InChI=1S/C18H30N4/c1-19-18(21-13-11-17-9-3-2-4-10-17)20-12-5-6-14-22-15-7-8-16-22/h2-4,9-10H,5-8,11-16H2,1H3,(H2,19,20,21). The van der Waals surface area contributed by atoms with E-state index >= 15 is 0 Å². The van der Waals surface area contributed by atoms with Crippen LogP contribution in [0.3, 0.4) is 0 Å². The van der Waals surface area contributed by atoms with E-state index in [1.807, 2.05) is 7.05 Å². The summed E-state index contributed by atoms with van der Waals surface area (Å²) in [4.78, 5) is 6.85. The van der Waals surface area contributed by atoms with Gasteiger partial charge in [-0.1, -0.05) is 30.3 Å². The van der Waals surface area contributed by atoms with E-state index in [9.17, 15) is 0 Å². The van der Waals surface area contributed by atoms with Crippen LogP contribution >= 0.6 is 0 Å². The molecule has 1 aromatic rings. The second-order valence-electron chi connectivity index (χ2n) is 5.92. The summed E-state index contributed by atoms with van der Waals surface area (Å²) in [6.45, 7) is 5.77. The number of benzene rings is 1. The van der Waals surface area contributed by atoms with Crippen molar-refractivity contribution >= 4 is 5.96 Å². The SMILES string of the molecule is CN=C(NCCCCN1CCCC1)NCCc1ccccc1. The number of aliphatic imine (C=N–C) groups is 1. The Balaban J connectivity index is 1.51. The summed E-state index contributed by atoms with van der Waals surface area (Å²) in [5.74, 6) is 0.914. The van der Waals surface area contributed by atoms with Crippen molar-refractivity contribution in [1.82, 2.24) is 15.5 Å². The molecule has 0 radical (unpaired) electrons. The fourth-order valence-corrected chi connectivity index (χ4v) is 2.86. The van der Waals surface area contributed by atoms with Crippen LogP contribution in [0, 0.1) is 0 Å². The quantitative estimate of drug-likeness (QED) is 0.440. The van der Waals surface area contributed by atoms with Crippen LogP contribution in [0.1, 0.15) is 31.2 Å². The zero-order chi connectivity index (χ0) is 15.5. The van der Waals surface area contributed by atoms with Crippen molar-refractivity contribution in [3.63, 3.8) is 0 Å². The summed E-state index contributed by atoms with van der Waals surface area (Å²) < 4.78 is 0. The Morgan fingerprint density at radius 3 is 2.50 bits per heavy atom. The van der Waals surface area contributed by atoms with Crippen LogP contribution in [0.15, 0.2) is 35.3 Å². The van der Waals surface area contributed by atoms with E-state index in [1.54, 1.807) is 0 Å². The monoisotopic (exact) mass is 302 g/mol. The largest absolute Gasteiger partial charge is 0.356 e. The number of nitrogens with one attached hydrogen (secondary N) is 2. The first-order valence-corrected chi connectivity index (χ1v) is 8.59. The van der Waals surface area contributed by atoms with Crippen molar-refractivity contribution in [3.8, 4) is 0 Å². The van der Waals surface area contributed by atoms with Crippen LogP contribution in [-0.2, 0) is 6.42 Å². The molecular formula is C18H30N4. The summed E-state index contributed by atoms with van der Waals surface area (Å²) in [6, 6.07) is 10.6. The van der Waals surface area contributed by atoms with Crippen LogP contribution in [0.25, 0.3) is 0 Å². The van der Waals surface area contributed by atoms with E-state index in [0.717, 1.165) is 25.5 Å². The predicted octanol–water partition coefficient (Wildman–Crippen LogP) is 2.27. The van der Waals surface area contributed by atoms with Gasteiger partial charge in [-0.15, -0.1) is 0 Å². The van der Waals surface area contributed by atoms with Gasteiger partial charge in [-0.25, -0.2) is 0 Å². The molecule has 122 valence electrons. The molecule has 0 aromatic heterocycles. The van der Waals surface area contributed by atoms with Gasteiger partial charge in [-0.2, -0.15) is 0 Å². The van der Waals surface area contributed by atoms with Crippen LogP contribution < -0.4 is 10.6 Å². The minimum absolute atomic E-state index is 0.914. The van der Waals surface area contributed by atoms with Crippen molar-refractivity contribution in [1.29, 1.82) is 0 Å². The first-order valence-electron chi connectivity index (χ1n) is 8.59. The van der Waals surface area contributed by atoms with Gasteiger partial charge < -0.3 is 15.5 Å². The predicted molar refractivity (Wildman–Crippen MR) is 94.4 cm³/mol. The molecule has 0 amide bonds. The zero-order valence-corrected chi connectivity index (χ0v) is 13.9. The van der Waals surface area contributed by atoms with Crippen LogP contribution in [0.2, 0.25) is 0 Å². The van der Waals surface area contributed by atoms with Crippen LogP contribution in [0.5, 0.6) is 0 Å². The summed E-state index contributed by atoms with van der Waals surface area (Å²) in [7, 11) is 1.84. The molecule has 1 aromatic carbocycles. The summed E-state index contributed by atoms with van der Waals surface area (Å²) >= 11 is 0. The van der Waals surface area contributed by atoms with E-state index in [2.05, 4.69) is 50.9 Å². The molecule has 0 aliphatic carbocycles. The Bertz CT molecular complexity index is 424. The smallest absolute Gasteiger partial charge is 0.190 e. The van der Waals surface area contributed by atoms with Gasteiger partial charge in [0.25, 0.3) is 0 Å². The highest BCUT2D eigenvalue weighted by molar-refractivity contribution is 5.79. The van der Waals surface area contributed by atoms with E-state index < -0.39 is 0 Å². The van der Waals surface area contributed by atoms with Crippen LogP contribution in [-0.4, -0.2) is 50.6 Å². The van der Waals surface area contributed by atoms with Gasteiger partial charge in [0.05, 0.1) is 0 Å². The minimum Gasteiger partial charge on any atom is -0.356 e. The minimum atomic E-state index is 0.914. The molecule has 1 saturated heterocycles. The third kappa shape index (κ3) is 6.48. The van der Waals surface area contributed by atoms with Gasteiger partial charge in [-0.05, 0) is 57.3 Å². The molecule has 1 heterocycles. The molecule has 0 unspecified atom stereocenters. The molecular weight excluding hydrogens is 272 g/mol. The lowest BCUT2D eigenvalue weighted by molar-refractivity contribution is 0.330. The third-order valence-corrected chi connectivity index (χ3v) is 4.16. The summed E-state index contributed by atoms with van der Waals surface area (Å²) in [5.41, 5.74) is 1.36. The normalized spacial score (nSPS) is 16.0. The van der Waals surface area contributed by atoms with Crippen molar-refractivity contribution in [3.05, 3.63) is 35.9 Å². The zero-order valence-electron chi connectivity index (χ0n) is 13.9. The van der Waals surface area contributed by atoms with Crippen molar-refractivity contribution < 1.29 is 0 Å². The fourth-order valence-electron chi connectivity index (χ4n) is 2.86. The highest BCUT2D eigenvalue weighted by Crippen LogP contribution is 2.07. The van der Waals surface area contributed by atoms with Crippen LogP contribution in [0.4, 0.5) is 0 Å². The van der Waals surface area contributed by atoms with Gasteiger partial charge in [-0.3, -0.25) is 4.99 Å². The first kappa shape index (κ1) is 16.8. The number of nitrogens with zero attached hydrogens (tertiary/aromatic N) is 2. The molecule has 4 nitrogen and oxygen atoms in total. The maximum Gasteiger partial charge on any atom is 0.190 e. The Morgan fingerprint density at radius 1 is 1.05 bits per heavy atom. The maximum absolute atomic E-state index is 4.28. The molecule has 2 rings (SSSR count).